The van der Waals surface area contributed by atoms with E-state index in [1.54, 1.807) is 7.05 Å². The predicted molar refractivity (Wildman–Crippen MR) is 84.6 cm³/mol. The molecule has 6 nitrogen and oxygen atoms in total. The Morgan fingerprint density at radius 3 is 2.62 bits per heavy atom. The van der Waals surface area contributed by atoms with Crippen LogP contribution in [0.3, 0.4) is 0 Å². The maximum Gasteiger partial charge on any atom is 0.323 e. The molecular weight excluding hydrogens is 290 g/mol. The number of ether oxygens (including phenoxy) is 1. The molecule has 2 rings (SSSR count). The van der Waals surface area contributed by atoms with Crippen molar-refractivity contribution in [2.45, 2.75) is 20.3 Å². The number of nitrogens with one attached hydrogen (secondary N) is 2. The number of hydrogen-bond donors (Lipinski definition) is 2. The summed E-state index contributed by atoms with van der Waals surface area (Å²) in [4.78, 5) is 12.6. The number of para-hydroxylation sites is 1. The third-order valence-corrected chi connectivity index (χ3v) is 3.05. The molecule has 0 unspecified atom stereocenters. The largest absolute Gasteiger partial charge is 0.463 e. The molecule has 7 heteroatoms. The molecule has 0 saturated heterocycles. The number of nitrogens with zero attached hydrogens (tertiary/aromatic N) is 3. The number of aromatic nitrogens is 3. The van der Waals surface area contributed by atoms with E-state index < -0.39 is 0 Å². The highest BCUT2D eigenvalue weighted by atomic mass is 35.5. The first-order valence-electron chi connectivity index (χ1n) is 6.72. The fourth-order valence-corrected chi connectivity index (χ4v) is 1.95. The van der Waals surface area contributed by atoms with E-state index in [2.05, 4.69) is 25.6 Å². The average molecular weight is 308 g/mol. The van der Waals surface area contributed by atoms with Gasteiger partial charge in [-0.05, 0) is 25.0 Å². The third-order valence-electron chi connectivity index (χ3n) is 2.73. The maximum absolute atomic E-state index is 6.20. The van der Waals surface area contributed by atoms with Crippen LogP contribution in [0.4, 0.5) is 17.6 Å². The lowest BCUT2D eigenvalue weighted by Gasteiger charge is -2.12. The van der Waals surface area contributed by atoms with Gasteiger partial charge < -0.3 is 15.4 Å². The summed E-state index contributed by atoms with van der Waals surface area (Å²) in [5, 5.41) is 6.61. The van der Waals surface area contributed by atoms with Gasteiger partial charge in [0.15, 0.2) is 0 Å². The highest BCUT2D eigenvalue weighted by Gasteiger charge is 2.10. The zero-order valence-corrected chi connectivity index (χ0v) is 13.0. The van der Waals surface area contributed by atoms with Crippen molar-refractivity contribution in [3.05, 3.63) is 28.8 Å². The fourth-order valence-electron chi connectivity index (χ4n) is 1.68. The maximum atomic E-state index is 6.20. The summed E-state index contributed by atoms with van der Waals surface area (Å²) in [6.45, 7) is 4.53. The minimum Gasteiger partial charge on any atom is -0.463 e. The van der Waals surface area contributed by atoms with E-state index in [1.807, 2.05) is 32.0 Å². The third kappa shape index (κ3) is 3.95. The molecule has 1 aromatic carbocycles. The number of aryl methyl sites for hydroxylation is 1. The number of rotatable bonds is 6. The van der Waals surface area contributed by atoms with Crippen LogP contribution in [0.15, 0.2) is 18.2 Å². The lowest BCUT2D eigenvalue weighted by molar-refractivity contribution is 0.292. The molecule has 1 aromatic heterocycles. The Morgan fingerprint density at radius 1 is 1.19 bits per heavy atom. The Morgan fingerprint density at radius 2 is 1.95 bits per heavy atom. The second-order valence-electron chi connectivity index (χ2n) is 4.42. The van der Waals surface area contributed by atoms with Gasteiger partial charge in [0.25, 0.3) is 0 Å². The van der Waals surface area contributed by atoms with Gasteiger partial charge in [-0.15, -0.1) is 0 Å². The molecule has 0 aliphatic carbocycles. The van der Waals surface area contributed by atoms with Crippen molar-refractivity contribution in [3.8, 4) is 6.01 Å². The van der Waals surface area contributed by atoms with Crippen LogP contribution < -0.4 is 15.4 Å². The smallest absolute Gasteiger partial charge is 0.323 e. The fraction of sp³-hybridized carbons (Fsp3) is 0.357. The van der Waals surface area contributed by atoms with Crippen LogP contribution in [0.1, 0.15) is 18.9 Å². The Balaban J connectivity index is 2.30. The number of anilines is 3. The molecule has 0 fully saturated rings. The predicted octanol–water partition coefficient (Wildman–Crippen LogP) is 3.41. The normalized spacial score (nSPS) is 10.3. The van der Waals surface area contributed by atoms with E-state index in [4.69, 9.17) is 16.3 Å². The van der Waals surface area contributed by atoms with E-state index in [0.29, 0.717) is 23.5 Å². The van der Waals surface area contributed by atoms with Crippen molar-refractivity contribution in [1.82, 2.24) is 15.0 Å². The van der Waals surface area contributed by atoms with Gasteiger partial charge in [0, 0.05) is 7.05 Å². The first kappa shape index (κ1) is 15.3. The van der Waals surface area contributed by atoms with Crippen LogP contribution >= 0.6 is 11.6 Å². The Hall–Kier alpha value is -2.08. The molecule has 0 amide bonds. The monoisotopic (exact) mass is 307 g/mol. The van der Waals surface area contributed by atoms with E-state index in [9.17, 15) is 0 Å². The van der Waals surface area contributed by atoms with E-state index in [1.165, 1.54) is 0 Å². The molecule has 0 atom stereocenters. The summed E-state index contributed by atoms with van der Waals surface area (Å²) >= 11 is 6.20. The Bertz CT molecular complexity index is 600. The number of benzene rings is 1. The van der Waals surface area contributed by atoms with Crippen LogP contribution in [0.2, 0.25) is 5.02 Å². The molecule has 2 aromatic rings. The zero-order valence-electron chi connectivity index (χ0n) is 12.3. The van der Waals surface area contributed by atoms with Gasteiger partial charge in [0.2, 0.25) is 11.9 Å². The molecule has 0 spiro atoms. The highest BCUT2D eigenvalue weighted by molar-refractivity contribution is 6.33. The summed E-state index contributed by atoms with van der Waals surface area (Å²) in [6, 6.07) is 5.95. The zero-order chi connectivity index (χ0) is 15.2. The summed E-state index contributed by atoms with van der Waals surface area (Å²) < 4.78 is 5.46. The van der Waals surface area contributed by atoms with Gasteiger partial charge in [0.1, 0.15) is 0 Å². The first-order chi connectivity index (χ1) is 10.1. The quantitative estimate of drug-likeness (QED) is 0.852. The molecular formula is C14H18ClN5O. The minimum absolute atomic E-state index is 0.281. The second kappa shape index (κ2) is 7.08. The first-order valence-corrected chi connectivity index (χ1v) is 7.10. The molecule has 0 saturated carbocycles. The average Bonchev–Trinajstić information content (AvgIpc) is 2.49. The van der Waals surface area contributed by atoms with Crippen molar-refractivity contribution in [3.63, 3.8) is 0 Å². The van der Waals surface area contributed by atoms with E-state index >= 15 is 0 Å². The second-order valence-corrected chi connectivity index (χ2v) is 4.83. The Labute approximate surface area is 128 Å². The molecule has 1 heterocycles. The molecule has 21 heavy (non-hydrogen) atoms. The molecule has 0 aliphatic heterocycles. The van der Waals surface area contributed by atoms with Gasteiger partial charge in [-0.25, -0.2) is 0 Å². The van der Waals surface area contributed by atoms with Gasteiger partial charge in [0.05, 0.1) is 17.3 Å². The molecule has 0 bridgehead atoms. The van der Waals surface area contributed by atoms with Gasteiger partial charge in [-0.1, -0.05) is 30.7 Å². The lowest BCUT2D eigenvalue weighted by atomic mass is 10.2. The summed E-state index contributed by atoms with van der Waals surface area (Å²) in [6.07, 6.45) is 0.882. The van der Waals surface area contributed by atoms with Crippen molar-refractivity contribution >= 4 is 29.2 Å². The molecule has 2 N–H and O–H groups in total. The van der Waals surface area contributed by atoms with Crippen molar-refractivity contribution < 1.29 is 4.74 Å². The summed E-state index contributed by atoms with van der Waals surface area (Å²) in [5.74, 6) is 0.819. The van der Waals surface area contributed by atoms with Gasteiger partial charge >= 0.3 is 6.01 Å². The van der Waals surface area contributed by atoms with E-state index in [-0.39, 0.29) is 6.01 Å². The summed E-state index contributed by atoms with van der Waals surface area (Å²) in [7, 11) is 1.74. The van der Waals surface area contributed by atoms with Gasteiger partial charge in [-0.3, -0.25) is 0 Å². The van der Waals surface area contributed by atoms with Crippen LogP contribution in [-0.4, -0.2) is 28.6 Å². The minimum atomic E-state index is 0.281. The Kier molecular flexibility index (Phi) is 5.16. The van der Waals surface area contributed by atoms with Crippen LogP contribution in [0.5, 0.6) is 6.01 Å². The topological polar surface area (TPSA) is 72.0 Å². The van der Waals surface area contributed by atoms with Crippen molar-refractivity contribution in [2.24, 2.45) is 0 Å². The number of hydrogen-bond acceptors (Lipinski definition) is 6. The highest BCUT2D eigenvalue weighted by Crippen LogP contribution is 2.28. The standard InChI is InChI=1S/C14H18ClN5O/c1-4-8-21-14-19-12(16-3)18-13(20-14)17-11-9(2)6-5-7-10(11)15/h5-7H,4,8H2,1-3H3,(H2,16,17,18,19,20). The van der Waals surface area contributed by atoms with Crippen LogP contribution in [-0.2, 0) is 0 Å². The van der Waals surface area contributed by atoms with Crippen molar-refractivity contribution in [2.75, 3.05) is 24.3 Å². The van der Waals surface area contributed by atoms with Crippen LogP contribution in [0.25, 0.3) is 0 Å². The van der Waals surface area contributed by atoms with Crippen LogP contribution in [0, 0.1) is 6.92 Å². The SMILES string of the molecule is CCCOc1nc(NC)nc(Nc2c(C)cccc2Cl)n1. The molecule has 0 aliphatic rings. The number of halogens is 1. The molecule has 0 radical (unpaired) electrons. The van der Waals surface area contributed by atoms with Gasteiger partial charge in [-0.2, -0.15) is 15.0 Å². The lowest BCUT2D eigenvalue weighted by Crippen LogP contribution is -2.08. The molecule has 112 valence electrons. The van der Waals surface area contributed by atoms with E-state index in [0.717, 1.165) is 17.7 Å². The summed E-state index contributed by atoms with van der Waals surface area (Å²) in [5.41, 5.74) is 1.78. The van der Waals surface area contributed by atoms with Crippen molar-refractivity contribution in [1.29, 1.82) is 0 Å².